The van der Waals surface area contributed by atoms with Crippen molar-refractivity contribution in [3.63, 3.8) is 0 Å². The van der Waals surface area contributed by atoms with E-state index in [1.54, 1.807) is 42.8 Å². The van der Waals surface area contributed by atoms with Crippen molar-refractivity contribution < 1.29 is 23.9 Å². The molecular weight excluding hydrogens is 514 g/mol. The predicted octanol–water partition coefficient (Wildman–Crippen LogP) is 3.60. The van der Waals surface area contributed by atoms with E-state index in [0.29, 0.717) is 32.9 Å². The second kappa shape index (κ2) is 12.2. The smallest absolute Gasteiger partial charge is 0.341 e. The number of nitrogens with one attached hydrogen (secondary N) is 2. The third-order valence-corrected chi connectivity index (χ3v) is 8.15. The van der Waals surface area contributed by atoms with Crippen molar-refractivity contribution in [1.29, 1.82) is 0 Å². The van der Waals surface area contributed by atoms with Gasteiger partial charge in [0.15, 0.2) is 11.0 Å². The first-order chi connectivity index (χ1) is 17.9. The van der Waals surface area contributed by atoms with Crippen LogP contribution in [0.15, 0.2) is 29.4 Å². The summed E-state index contributed by atoms with van der Waals surface area (Å²) in [6, 6.07) is 6.96. The molecule has 0 atom stereocenters. The normalized spacial score (nSPS) is 12.5. The molecule has 0 saturated carbocycles. The fraction of sp³-hybridized carbons (Fsp3) is 0.400. The first kappa shape index (κ1) is 26.7. The lowest BCUT2D eigenvalue weighted by Crippen LogP contribution is -2.25. The van der Waals surface area contributed by atoms with Gasteiger partial charge in [-0.25, -0.2) is 4.79 Å². The van der Waals surface area contributed by atoms with Crippen LogP contribution < -0.4 is 15.4 Å². The lowest BCUT2D eigenvalue weighted by atomic mass is 9.95. The fourth-order valence-electron chi connectivity index (χ4n) is 4.08. The molecule has 12 heteroatoms. The van der Waals surface area contributed by atoms with Gasteiger partial charge in [0.2, 0.25) is 5.91 Å². The topological polar surface area (TPSA) is 124 Å². The van der Waals surface area contributed by atoms with Gasteiger partial charge >= 0.3 is 5.97 Å². The van der Waals surface area contributed by atoms with Crippen LogP contribution in [0.2, 0.25) is 0 Å². The maximum absolute atomic E-state index is 12.8. The van der Waals surface area contributed by atoms with Gasteiger partial charge < -0.3 is 24.7 Å². The molecule has 2 aromatic heterocycles. The highest BCUT2D eigenvalue weighted by Gasteiger charge is 2.27. The van der Waals surface area contributed by atoms with E-state index in [1.165, 1.54) is 30.2 Å². The highest BCUT2D eigenvalue weighted by molar-refractivity contribution is 7.99. The van der Waals surface area contributed by atoms with E-state index in [0.717, 1.165) is 36.1 Å². The molecule has 0 aliphatic heterocycles. The minimum Gasteiger partial charge on any atom is -0.496 e. The van der Waals surface area contributed by atoms with E-state index < -0.39 is 5.97 Å². The number of rotatable bonds is 10. The van der Waals surface area contributed by atoms with Gasteiger partial charge in [-0.05, 0) is 50.3 Å². The van der Waals surface area contributed by atoms with E-state index in [-0.39, 0.29) is 30.7 Å². The number of carbonyl (C=O) groups is 3. The van der Waals surface area contributed by atoms with Crippen LogP contribution in [-0.2, 0) is 36.0 Å². The van der Waals surface area contributed by atoms with Crippen molar-refractivity contribution in [2.24, 2.45) is 7.05 Å². The monoisotopic (exact) mass is 543 g/mol. The van der Waals surface area contributed by atoms with Crippen LogP contribution in [0.3, 0.4) is 0 Å². The first-order valence-electron chi connectivity index (χ1n) is 12.0. The molecular formula is C25H29N5O5S2. The highest BCUT2D eigenvalue weighted by Crippen LogP contribution is 2.38. The molecule has 2 N–H and O–H groups in total. The molecule has 37 heavy (non-hydrogen) atoms. The molecule has 1 aromatic carbocycles. The molecule has 2 amide bonds. The number of esters is 1. The number of aryl methyl sites for hydroxylation is 1. The molecule has 2 heterocycles. The predicted molar refractivity (Wildman–Crippen MR) is 141 cm³/mol. The molecule has 0 spiro atoms. The van der Waals surface area contributed by atoms with E-state index in [9.17, 15) is 14.4 Å². The summed E-state index contributed by atoms with van der Waals surface area (Å²) in [5.74, 6) is 0.190. The molecule has 196 valence electrons. The van der Waals surface area contributed by atoms with Crippen molar-refractivity contribution in [3.05, 3.63) is 51.7 Å². The van der Waals surface area contributed by atoms with Crippen LogP contribution in [0.25, 0.3) is 0 Å². The van der Waals surface area contributed by atoms with E-state index in [4.69, 9.17) is 9.47 Å². The van der Waals surface area contributed by atoms with E-state index >= 15 is 0 Å². The van der Waals surface area contributed by atoms with Gasteiger partial charge in [0.1, 0.15) is 10.8 Å². The summed E-state index contributed by atoms with van der Waals surface area (Å²) in [5, 5.41) is 15.1. The molecule has 0 unspecified atom stereocenters. The summed E-state index contributed by atoms with van der Waals surface area (Å²) >= 11 is 2.68. The number of para-hydroxylation sites is 1. The number of aromatic nitrogens is 3. The zero-order chi connectivity index (χ0) is 26.4. The fourth-order valence-corrected chi connectivity index (χ4v) is 6.10. The molecule has 0 saturated heterocycles. The Kier molecular flexibility index (Phi) is 8.82. The zero-order valence-electron chi connectivity index (χ0n) is 21.0. The van der Waals surface area contributed by atoms with Gasteiger partial charge in [-0.2, -0.15) is 0 Å². The Morgan fingerprint density at radius 2 is 1.95 bits per heavy atom. The molecule has 1 aliphatic rings. The van der Waals surface area contributed by atoms with Gasteiger partial charge in [0, 0.05) is 11.9 Å². The summed E-state index contributed by atoms with van der Waals surface area (Å²) in [5.41, 5.74) is 1.92. The third-order valence-electron chi connectivity index (χ3n) is 5.92. The van der Waals surface area contributed by atoms with E-state index in [1.807, 2.05) is 0 Å². The minimum atomic E-state index is -0.391. The standard InChI is InChI=1S/C25H29N5O5S2/c1-4-35-24(33)21-16-10-6-8-12-18(16)37-23(21)27-20(31)14-36-25-29-28-19(30(25)2)13-26-22(32)15-9-5-7-11-17(15)34-3/h5,7,9,11H,4,6,8,10,12-14H2,1-3H3,(H,26,32)(H,27,31). The van der Waals surface area contributed by atoms with Gasteiger partial charge in [-0.15, -0.1) is 21.5 Å². The molecule has 4 rings (SSSR count). The number of fused-ring (bicyclic) bond motifs is 1. The SMILES string of the molecule is CCOC(=O)c1c(NC(=O)CSc2nnc(CNC(=O)c3ccccc3OC)n2C)sc2c1CCCC2. The number of ether oxygens (including phenoxy) is 2. The van der Waals surface area contributed by atoms with Crippen LogP contribution in [0.5, 0.6) is 5.75 Å². The highest BCUT2D eigenvalue weighted by atomic mass is 32.2. The van der Waals surface area contributed by atoms with Crippen molar-refractivity contribution in [2.45, 2.75) is 44.3 Å². The average Bonchev–Trinajstić information content (AvgIpc) is 3.45. The Hall–Kier alpha value is -3.38. The maximum Gasteiger partial charge on any atom is 0.341 e. The minimum absolute atomic E-state index is 0.0877. The van der Waals surface area contributed by atoms with Crippen molar-refractivity contribution in [3.8, 4) is 5.75 Å². The molecule has 0 fully saturated rings. The number of hydrogen-bond donors (Lipinski definition) is 2. The summed E-state index contributed by atoms with van der Waals surface area (Å²) in [4.78, 5) is 39.1. The van der Waals surface area contributed by atoms with Gasteiger partial charge in [-0.3, -0.25) is 9.59 Å². The number of methoxy groups -OCH3 is 1. The zero-order valence-corrected chi connectivity index (χ0v) is 22.6. The largest absolute Gasteiger partial charge is 0.496 e. The summed E-state index contributed by atoms with van der Waals surface area (Å²) in [6.07, 6.45) is 3.83. The summed E-state index contributed by atoms with van der Waals surface area (Å²) < 4.78 is 12.2. The average molecular weight is 544 g/mol. The van der Waals surface area contributed by atoms with Gasteiger partial charge in [-0.1, -0.05) is 23.9 Å². The first-order valence-corrected chi connectivity index (χ1v) is 13.8. The second-order valence-electron chi connectivity index (χ2n) is 8.31. The number of amides is 2. The number of nitrogens with zero attached hydrogens (tertiary/aromatic N) is 3. The number of thiophene rings is 1. The van der Waals surface area contributed by atoms with Crippen molar-refractivity contribution in [1.82, 2.24) is 20.1 Å². The number of thioether (sulfide) groups is 1. The van der Waals surface area contributed by atoms with Crippen LogP contribution in [0, 0.1) is 0 Å². The Morgan fingerprint density at radius 1 is 1.16 bits per heavy atom. The Labute approximate surface area is 223 Å². The molecule has 0 bridgehead atoms. The lowest BCUT2D eigenvalue weighted by Gasteiger charge is -2.12. The third kappa shape index (κ3) is 6.13. The lowest BCUT2D eigenvalue weighted by molar-refractivity contribution is -0.113. The number of benzene rings is 1. The second-order valence-corrected chi connectivity index (χ2v) is 10.4. The van der Waals surface area contributed by atoms with Gasteiger partial charge in [0.05, 0.1) is 37.1 Å². The van der Waals surface area contributed by atoms with Crippen molar-refractivity contribution in [2.75, 3.05) is 24.8 Å². The van der Waals surface area contributed by atoms with E-state index in [2.05, 4.69) is 20.8 Å². The van der Waals surface area contributed by atoms with Gasteiger partial charge in [0.25, 0.3) is 5.91 Å². The Morgan fingerprint density at radius 3 is 2.73 bits per heavy atom. The number of hydrogen-bond acceptors (Lipinski definition) is 9. The Balaban J connectivity index is 1.36. The van der Waals surface area contributed by atoms with Crippen LogP contribution in [-0.4, -0.2) is 52.0 Å². The van der Waals surface area contributed by atoms with Crippen LogP contribution in [0.4, 0.5) is 5.00 Å². The van der Waals surface area contributed by atoms with Crippen LogP contribution in [0.1, 0.15) is 56.7 Å². The quantitative estimate of drug-likeness (QED) is 0.294. The van der Waals surface area contributed by atoms with Crippen LogP contribution >= 0.6 is 23.1 Å². The maximum atomic E-state index is 12.8. The summed E-state index contributed by atoms with van der Waals surface area (Å²) in [6.45, 7) is 2.21. The Bertz CT molecular complexity index is 1300. The summed E-state index contributed by atoms with van der Waals surface area (Å²) in [7, 11) is 3.29. The molecule has 3 aromatic rings. The number of anilines is 1. The molecule has 10 nitrogen and oxygen atoms in total. The van der Waals surface area contributed by atoms with Crippen molar-refractivity contribution >= 4 is 45.9 Å². The number of carbonyl (C=O) groups excluding carboxylic acids is 3. The molecule has 1 aliphatic carbocycles. The molecule has 0 radical (unpaired) electrons.